The molecule has 3 aromatic carbocycles. The standard InChI is InChI=1S/C32H35NO4/c1-6-36-32(34)30-17-16-29(33(30)20-24-12-14-26(35-5)15-13-24)28-19-27(22(2)3)23(4)18-31(28)37-21-25-10-8-7-9-11-25/h7-19,22H,6,20-21H2,1-5H3. The smallest absolute Gasteiger partial charge is 0.354 e. The summed E-state index contributed by atoms with van der Waals surface area (Å²) < 4.78 is 19.1. The van der Waals surface area contributed by atoms with E-state index < -0.39 is 0 Å². The van der Waals surface area contributed by atoms with Gasteiger partial charge in [0.2, 0.25) is 0 Å². The number of carbonyl (C=O) groups is 1. The van der Waals surface area contributed by atoms with Crippen LogP contribution in [0.25, 0.3) is 11.3 Å². The highest BCUT2D eigenvalue weighted by Crippen LogP contribution is 2.37. The second kappa shape index (κ2) is 11.8. The molecule has 192 valence electrons. The van der Waals surface area contributed by atoms with Crippen LogP contribution in [-0.4, -0.2) is 24.3 Å². The van der Waals surface area contributed by atoms with Gasteiger partial charge in [-0.05, 0) is 78.4 Å². The van der Waals surface area contributed by atoms with Crippen molar-refractivity contribution in [1.82, 2.24) is 4.57 Å². The lowest BCUT2D eigenvalue weighted by molar-refractivity contribution is 0.0514. The molecule has 4 aromatic rings. The summed E-state index contributed by atoms with van der Waals surface area (Å²) in [6.07, 6.45) is 0. The average Bonchev–Trinajstić information content (AvgIpc) is 3.31. The van der Waals surface area contributed by atoms with Gasteiger partial charge in [0.15, 0.2) is 0 Å². The van der Waals surface area contributed by atoms with Crippen molar-refractivity contribution in [2.75, 3.05) is 13.7 Å². The summed E-state index contributed by atoms with van der Waals surface area (Å²) in [7, 11) is 1.65. The van der Waals surface area contributed by atoms with Gasteiger partial charge in [-0.15, -0.1) is 0 Å². The second-order valence-electron chi connectivity index (χ2n) is 9.39. The predicted molar refractivity (Wildman–Crippen MR) is 148 cm³/mol. The molecule has 5 heteroatoms. The molecule has 0 amide bonds. The third-order valence-corrected chi connectivity index (χ3v) is 6.47. The molecule has 0 spiro atoms. The number of carbonyl (C=O) groups excluding carboxylic acids is 1. The summed E-state index contributed by atoms with van der Waals surface area (Å²) in [5, 5.41) is 0. The molecule has 37 heavy (non-hydrogen) atoms. The van der Waals surface area contributed by atoms with E-state index in [9.17, 15) is 4.79 Å². The van der Waals surface area contributed by atoms with Gasteiger partial charge in [-0.3, -0.25) is 0 Å². The first-order valence-electron chi connectivity index (χ1n) is 12.7. The topological polar surface area (TPSA) is 49.7 Å². The molecule has 1 heterocycles. The maximum absolute atomic E-state index is 12.9. The van der Waals surface area contributed by atoms with Crippen LogP contribution in [0.15, 0.2) is 78.9 Å². The van der Waals surface area contributed by atoms with Gasteiger partial charge in [-0.1, -0.05) is 56.3 Å². The zero-order chi connectivity index (χ0) is 26.4. The molecule has 0 aliphatic carbocycles. The Bertz CT molecular complexity index is 1340. The first-order chi connectivity index (χ1) is 17.9. The molecule has 0 radical (unpaired) electrons. The highest BCUT2D eigenvalue weighted by atomic mass is 16.5. The molecule has 0 saturated carbocycles. The van der Waals surface area contributed by atoms with Gasteiger partial charge in [0.1, 0.15) is 23.8 Å². The van der Waals surface area contributed by atoms with Gasteiger partial charge in [0.25, 0.3) is 0 Å². The lowest BCUT2D eigenvalue weighted by Crippen LogP contribution is -2.14. The van der Waals surface area contributed by atoms with E-state index in [1.807, 2.05) is 66.1 Å². The van der Waals surface area contributed by atoms with Crippen LogP contribution >= 0.6 is 0 Å². The number of esters is 1. The van der Waals surface area contributed by atoms with Crippen molar-refractivity contribution in [2.24, 2.45) is 0 Å². The number of rotatable bonds is 10. The van der Waals surface area contributed by atoms with Crippen molar-refractivity contribution < 1.29 is 19.0 Å². The summed E-state index contributed by atoms with van der Waals surface area (Å²) in [6.45, 7) is 9.60. The second-order valence-corrected chi connectivity index (χ2v) is 9.39. The Hall–Kier alpha value is -3.99. The van der Waals surface area contributed by atoms with Crippen LogP contribution in [0.4, 0.5) is 0 Å². The maximum Gasteiger partial charge on any atom is 0.354 e. The number of aryl methyl sites for hydroxylation is 1. The highest BCUT2D eigenvalue weighted by molar-refractivity contribution is 5.89. The lowest BCUT2D eigenvalue weighted by Gasteiger charge is -2.20. The quantitative estimate of drug-likeness (QED) is 0.214. The predicted octanol–water partition coefficient (Wildman–Crippen LogP) is 7.40. The zero-order valence-electron chi connectivity index (χ0n) is 22.3. The van der Waals surface area contributed by atoms with Crippen LogP contribution in [0.2, 0.25) is 0 Å². The third kappa shape index (κ3) is 6.05. The zero-order valence-corrected chi connectivity index (χ0v) is 22.3. The number of benzene rings is 3. The summed E-state index contributed by atoms with van der Waals surface area (Å²) in [5.41, 5.74) is 6.94. The fourth-order valence-corrected chi connectivity index (χ4v) is 4.55. The minimum atomic E-state index is -0.342. The van der Waals surface area contributed by atoms with Gasteiger partial charge in [0, 0.05) is 12.1 Å². The van der Waals surface area contributed by atoms with E-state index in [1.165, 1.54) is 11.1 Å². The Morgan fingerprint density at radius 2 is 1.65 bits per heavy atom. The molecule has 0 N–H and O–H groups in total. The van der Waals surface area contributed by atoms with Gasteiger partial charge < -0.3 is 18.8 Å². The first kappa shape index (κ1) is 26.1. The minimum Gasteiger partial charge on any atom is -0.497 e. The fraction of sp³-hybridized carbons (Fsp3) is 0.281. The molecule has 0 fully saturated rings. The molecule has 0 aliphatic heterocycles. The molecule has 0 atom stereocenters. The normalized spacial score (nSPS) is 11.0. The average molecular weight is 498 g/mol. The molecule has 0 unspecified atom stereocenters. The van der Waals surface area contributed by atoms with E-state index in [0.717, 1.165) is 33.9 Å². The molecule has 0 saturated heterocycles. The van der Waals surface area contributed by atoms with E-state index in [2.05, 4.69) is 45.0 Å². The van der Waals surface area contributed by atoms with E-state index in [-0.39, 0.29) is 5.97 Å². The van der Waals surface area contributed by atoms with Gasteiger partial charge in [-0.25, -0.2) is 4.79 Å². The van der Waals surface area contributed by atoms with Crippen LogP contribution in [0.5, 0.6) is 11.5 Å². The van der Waals surface area contributed by atoms with Crippen LogP contribution < -0.4 is 9.47 Å². The number of hydrogen-bond acceptors (Lipinski definition) is 4. The molecule has 1 aromatic heterocycles. The highest BCUT2D eigenvalue weighted by Gasteiger charge is 2.21. The largest absolute Gasteiger partial charge is 0.497 e. The van der Waals surface area contributed by atoms with E-state index >= 15 is 0 Å². The molecule has 4 rings (SSSR count). The van der Waals surface area contributed by atoms with Crippen molar-refractivity contribution in [2.45, 2.75) is 46.8 Å². The first-order valence-corrected chi connectivity index (χ1v) is 12.7. The Labute approximate surface area is 219 Å². The van der Waals surface area contributed by atoms with Crippen molar-refractivity contribution in [3.05, 3.63) is 107 Å². The summed E-state index contributed by atoms with van der Waals surface area (Å²) in [4.78, 5) is 12.9. The summed E-state index contributed by atoms with van der Waals surface area (Å²) in [5.74, 6) is 1.58. The van der Waals surface area contributed by atoms with Gasteiger partial charge in [-0.2, -0.15) is 0 Å². The number of aromatic nitrogens is 1. The number of methoxy groups -OCH3 is 1. The molecular weight excluding hydrogens is 462 g/mol. The minimum absolute atomic E-state index is 0.315. The van der Waals surface area contributed by atoms with E-state index in [4.69, 9.17) is 14.2 Å². The summed E-state index contributed by atoms with van der Waals surface area (Å²) in [6, 6.07) is 26.2. The monoisotopic (exact) mass is 497 g/mol. The van der Waals surface area contributed by atoms with Gasteiger partial charge >= 0.3 is 5.97 Å². The number of nitrogens with zero attached hydrogens (tertiary/aromatic N) is 1. The maximum atomic E-state index is 12.9. The Balaban J connectivity index is 1.82. The molecular formula is C32H35NO4. The molecule has 0 aliphatic rings. The molecule has 5 nitrogen and oxygen atoms in total. The Kier molecular flexibility index (Phi) is 8.34. The van der Waals surface area contributed by atoms with Crippen molar-refractivity contribution in [3.8, 4) is 22.8 Å². The fourth-order valence-electron chi connectivity index (χ4n) is 4.55. The Morgan fingerprint density at radius 3 is 2.30 bits per heavy atom. The van der Waals surface area contributed by atoms with Crippen LogP contribution in [0.1, 0.15) is 59.4 Å². The third-order valence-electron chi connectivity index (χ3n) is 6.47. The Morgan fingerprint density at radius 1 is 0.919 bits per heavy atom. The van der Waals surface area contributed by atoms with Crippen molar-refractivity contribution in [1.29, 1.82) is 0 Å². The van der Waals surface area contributed by atoms with Gasteiger partial charge in [0.05, 0.1) is 19.4 Å². The van der Waals surface area contributed by atoms with Crippen LogP contribution in [0, 0.1) is 6.92 Å². The SMILES string of the molecule is CCOC(=O)c1ccc(-c2cc(C(C)C)c(C)cc2OCc2ccccc2)n1Cc1ccc(OC)cc1. The number of hydrogen-bond donors (Lipinski definition) is 0. The lowest BCUT2D eigenvalue weighted by atomic mass is 9.94. The number of ether oxygens (including phenoxy) is 3. The van der Waals surface area contributed by atoms with Crippen molar-refractivity contribution in [3.63, 3.8) is 0 Å². The molecule has 0 bridgehead atoms. The van der Waals surface area contributed by atoms with Crippen LogP contribution in [0.3, 0.4) is 0 Å². The van der Waals surface area contributed by atoms with E-state index in [1.54, 1.807) is 7.11 Å². The van der Waals surface area contributed by atoms with E-state index in [0.29, 0.717) is 31.4 Å². The van der Waals surface area contributed by atoms with Crippen molar-refractivity contribution >= 4 is 5.97 Å². The van der Waals surface area contributed by atoms with Crippen LogP contribution in [-0.2, 0) is 17.9 Å². The summed E-state index contributed by atoms with van der Waals surface area (Å²) >= 11 is 0.